The van der Waals surface area contributed by atoms with Crippen molar-refractivity contribution < 1.29 is 23.1 Å². The van der Waals surface area contributed by atoms with Gasteiger partial charge in [0.1, 0.15) is 5.75 Å². The summed E-state index contributed by atoms with van der Waals surface area (Å²) in [7, 11) is -2.32. The van der Waals surface area contributed by atoms with Crippen molar-refractivity contribution in [1.29, 1.82) is 0 Å². The van der Waals surface area contributed by atoms with E-state index < -0.39 is 21.6 Å². The normalized spacial score (nSPS) is 11.2. The van der Waals surface area contributed by atoms with Gasteiger partial charge in [-0.1, -0.05) is 0 Å². The molecule has 94 valence electrons. The maximum atomic E-state index is 11.9. The molecule has 5 nitrogen and oxygen atoms in total. The third-order valence-electron chi connectivity index (χ3n) is 2.29. The largest absolute Gasteiger partial charge is 0.497 e. The topological polar surface area (TPSA) is 80.7 Å². The number of aryl methyl sites for hydroxylation is 2. The van der Waals surface area contributed by atoms with Crippen LogP contribution in [0, 0.1) is 13.8 Å². The summed E-state index contributed by atoms with van der Waals surface area (Å²) < 4.78 is 28.7. The van der Waals surface area contributed by atoms with Gasteiger partial charge in [-0.05, 0) is 37.1 Å². The van der Waals surface area contributed by atoms with Crippen LogP contribution in [0.15, 0.2) is 17.0 Å². The van der Waals surface area contributed by atoms with Crippen molar-refractivity contribution in [2.75, 3.05) is 12.9 Å². The summed E-state index contributed by atoms with van der Waals surface area (Å²) in [6.45, 7) is 3.23. The Kier molecular flexibility index (Phi) is 3.77. The lowest BCUT2D eigenvalue weighted by atomic mass is 10.1. The molecule has 0 radical (unpaired) electrons. The summed E-state index contributed by atoms with van der Waals surface area (Å²) in [6, 6.07) is 3.14. The first-order valence-corrected chi connectivity index (χ1v) is 6.53. The van der Waals surface area contributed by atoms with E-state index in [4.69, 9.17) is 9.84 Å². The molecule has 0 unspecified atom stereocenters. The molecule has 0 amide bonds. The summed E-state index contributed by atoms with van der Waals surface area (Å²) in [4.78, 5) is 10.6. The quantitative estimate of drug-likeness (QED) is 0.876. The number of benzene rings is 1. The second kappa shape index (κ2) is 4.75. The van der Waals surface area contributed by atoms with Crippen molar-refractivity contribution in [1.82, 2.24) is 0 Å². The molecule has 0 saturated heterocycles. The number of hydrogen-bond donors (Lipinski definition) is 1. The first-order valence-electron chi connectivity index (χ1n) is 4.87. The number of carbonyl (C=O) groups is 1. The van der Waals surface area contributed by atoms with Crippen LogP contribution in [0.5, 0.6) is 5.75 Å². The molecule has 0 fully saturated rings. The van der Waals surface area contributed by atoms with E-state index >= 15 is 0 Å². The van der Waals surface area contributed by atoms with E-state index in [0.717, 1.165) is 0 Å². The summed E-state index contributed by atoms with van der Waals surface area (Å²) in [5.41, 5.74) is 0.978. The first-order chi connectivity index (χ1) is 7.77. The van der Waals surface area contributed by atoms with Crippen LogP contribution in [-0.2, 0) is 14.6 Å². The summed E-state index contributed by atoms with van der Waals surface area (Å²) in [6.07, 6.45) is 0. The monoisotopic (exact) mass is 258 g/mol. The molecule has 0 aliphatic heterocycles. The van der Waals surface area contributed by atoms with Crippen LogP contribution in [0.1, 0.15) is 11.1 Å². The van der Waals surface area contributed by atoms with Gasteiger partial charge in [0.25, 0.3) is 0 Å². The predicted octanol–water partition coefficient (Wildman–Crippen LogP) is 1.17. The highest BCUT2D eigenvalue weighted by Crippen LogP contribution is 2.26. The molecule has 0 bridgehead atoms. The van der Waals surface area contributed by atoms with Gasteiger partial charge in [0.05, 0.1) is 12.0 Å². The third kappa shape index (κ3) is 2.97. The number of hydrogen-bond acceptors (Lipinski definition) is 4. The van der Waals surface area contributed by atoms with E-state index in [9.17, 15) is 13.2 Å². The molecule has 0 aliphatic rings. The van der Waals surface area contributed by atoms with E-state index in [2.05, 4.69) is 0 Å². The maximum absolute atomic E-state index is 11.9. The van der Waals surface area contributed by atoms with Gasteiger partial charge < -0.3 is 9.84 Å². The summed E-state index contributed by atoms with van der Waals surface area (Å²) in [5.74, 6) is -1.71. The highest BCUT2D eigenvalue weighted by Gasteiger charge is 2.23. The van der Waals surface area contributed by atoms with Crippen LogP contribution in [0.3, 0.4) is 0 Å². The summed E-state index contributed by atoms with van der Waals surface area (Å²) in [5, 5.41) is 8.59. The van der Waals surface area contributed by atoms with Gasteiger partial charge in [-0.15, -0.1) is 0 Å². The molecule has 0 heterocycles. The summed E-state index contributed by atoms with van der Waals surface area (Å²) >= 11 is 0. The number of aliphatic carboxylic acids is 1. The van der Waals surface area contributed by atoms with Crippen LogP contribution in [0.2, 0.25) is 0 Å². The Bertz CT molecular complexity index is 522. The van der Waals surface area contributed by atoms with E-state index in [1.54, 1.807) is 26.0 Å². The van der Waals surface area contributed by atoms with Crippen LogP contribution in [0.25, 0.3) is 0 Å². The van der Waals surface area contributed by atoms with Gasteiger partial charge in [-0.2, -0.15) is 0 Å². The number of carboxylic acid groups (broad SMARTS) is 1. The zero-order chi connectivity index (χ0) is 13.2. The van der Waals surface area contributed by atoms with Crippen molar-refractivity contribution in [3.05, 3.63) is 23.3 Å². The standard InChI is InChI=1S/C11H14O5S/c1-7-4-9(16-3)5-8(2)11(7)17(14,15)6-10(12)13/h4-5H,6H2,1-3H3,(H,12,13). The fourth-order valence-electron chi connectivity index (χ4n) is 1.75. The molecular weight excluding hydrogens is 244 g/mol. The fraction of sp³-hybridized carbons (Fsp3) is 0.364. The van der Waals surface area contributed by atoms with Gasteiger partial charge in [0.15, 0.2) is 15.6 Å². The number of carboxylic acids is 1. The highest BCUT2D eigenvalue weighted by molar-refractivity contribution is 7.92. The number of sulfone groups is 1. The van der Waals surface area contributed by atoms with E-state index in [1.807, 2.05) is 0 Å². The van der Waals surface area contributed by atoms with Gasteiger partial charge in [-0.25, -0.2) is 8.42 Å². The van der Waals surface area contributed by atoms with Crippen molar-refractivity contribution in [2.24, 2.45) is 0 Å². The second-order valence-electron chi connectivity index (χ2n) is 3.74. The van der Waals surface area contributed by atoms with E-state index in [0.29, 0.717) is 16.9 Å². The van der Waals surface area contributed by atoms with E-state index in [-0.39, 0.29) is 4.90 Å². The molecule has 1 aromatic carbocycles. The van der Waals surface area contributed by atoms with E-state index in [1.165, 1.54) is 7.11 Å². The molecule has 6 heteroatoms. The minimum absolute atomic E-state index is 0.0701. The minimum Gasteiger partial charge on any atom is -0.497 e. The predicted molar refractivity (Wildman–Crippen MR) is 62.2 cm³/mol. The number of ether oxygens (including phenoxy) is 1. The van der Waals surface area contributed by atoms with Gasteiger partial charge in [0, 0.05) is 0 Å². The van der Waals surface area contributed by atoms with Crippen LogP contribution in [0.4, 0.5) is 0 Å². The maximum Gasteiger partial charge on any atom is 0.319 e. The lowest BCUT2D eigenvalue weighted by Crippen LogP contribution is -2.17. The van der Waals surface area contributed by atoms with Crippen LogP contribution < -0.4 is 4.74 Å². The minimum atomic E-state index is -3.80. The Morgan fingerprint density at radius 3 is 2.12 bits per heavy atom. The van der Waals surface area contributed by atoms with Crippen molar-refractivity contribution in [2.45, 2.75) is 18.7 Å². The Hall–Kier alpha value is -1.56. The van der Waals surface area contributed by atoms with Crippen LogP contribution >= 0.6 is 0 Å². The van der Waals surface area contributed by atoms with Crippen molar-refractivity contribution in [3.63, 3.8) is 0 Å². The van der Waals surface area contributed by atoms with Gasteiger partial charge in [-0.3, -0.25) is 4.79 Å². The third-order valence-corrected chi connectivity index (χ3v) is 4.19. The highest BCUT2D eigenvalue weighted by atomic mass is 32.2. The van der Waals surface area contributed by atoms with Crippen LogP contribution in [-0.4, -0.2) is 32.4 Å². The van der Waals surface area contributed by atoms with Crippen molar-refractivity contribution in [3.8, 4) is 5.75 Å². The molecular formula is C11H14O5S. The molecule has 1 N–H and O–H groups in total. The average Bonchev–Trinajstić information content (AvgIpc) is 2.13. The lowest BCUT2D eigenvalue weighted by molar-refractivity contribution is -0.134. The molecule has 0 spiro atoms. The van der Waals surface area contributed by atoms with Gasteiger partial charge >= 0.3 is 5.97 Å². The lowest BCUT2D eigenvalue weighted by Gasteiger charge is -2.11. The second-order valence-corrected chi connectivity index (χ2v) is 5.67. The Morgan fingerprint density at radius 1 is 1.29 bits per heavy atom. The SMILES string of the molecule is COc1cc(C)c(S(=O)(=O)CC(=O)O)c(C)c1. The molecule has 1 rings (SSSR count). The first kappa shape index (κ1) is 13.5. The molecule has 0 aromatic heterocycles. The molecule has 0 atom stereocenters. The Morgan fingerprint density at radius 2 is 1.76 bits per heavy atom. The van der Waals surface area contributed by atoms with Crippen molar-refractivity contribution >= 4 is 15.8 Å². The Labute approximate surface area is 100.0 Å². The molecule has 0 saturated carbocycles. The molecule has 17 heavy (non-hydrogen) atoms. The zero-order valence-electron chi connectivity index (χ0n) is 9.85. The molecule has 0 aliphatic carbocycles. The fourth-order valence-corrected chi connectivity index (χ4v) is 3.32. The Balaban J connectivity index is 3.37. The van der Waals surface area contributed by atoms with Gasteiger partial charge in [0.2, 0.25) is 0 Å². The number of methoxy groups -OCH3 is 1. The zero-order valence-corrected chi connectivity index (χ0v) is 10.7. The number of rotatable bonds is 4. The molecule has 1 aromatic rings. The smallest absolute Gasteiger partial charge is 0.319 e. The average molecular weight is 258 g/mol.